The number of hydrogen-bond acceptors (Lipinski definition) is 4. The molecule has 0 spiro atoms. The number of anilines is 1. The number of amides is 2. The number of benzene rings is 1. The van der Waals surface area contributed by atoms with Gasteiger partial charge in [0.2, 0.25) is 5.91 Å². The van der Waals surface area contributed by atoms with Crippen molar-refractivity contribution >= 4 is 29.3 Å². The van der Waals surface area contributed by atoms with E-state index in [1.54, 1.807) is 42.0 Å². The highest BCUT2D eigenvalue weighted by molar-refractivity contribution is 7.99. The Labute approximate surface area is 154 Å². The molecule has 1 aliphatic carbocycles. The van der Waals surface area contributed by atoms with Crippen molar-refractivity contribution in [1.82, 2.24) is 4.90 Å². The van der Waals surface area contributed by atoms with Gasteiger partial charge in [-0.1, -0.05) is 6.07 Å². The summed E-state index contributed by atoms with van der Waals surface area (Å²) in [4.78, 5) is 26.2. The zero-order chi connectivity index (χ0) is 18.2. The van der Waals surface area contributed by atoms with Crippen LogP contribution in [-0.4, -0.2) is 54.5 Å². The molecule has 6 heteroatoms. The van der Waals surface area contributed by atoms with Crippen LogP contribution in [0.5, 0.6) is 0 Å². The molecule has 0 aliphatic heterocycles. The van der Waals surface area contributed by atoms with E-state index < -0.39 is 0 Å². The van der Waals surface area contributed by atoms with Gasteiger partial charge in [0.1, 0.15) is 0 Å². The van der Waals surface area contributed by atoms with E-state index >= 15 is 0 Å². The van der Waals surface area contributed by atoms with Crippen molar-refractivity contribution in [2.24, 2.45) is 5.92 Å². The van der Waals surface area contributed by atoms with Gasteiger partial charge in [-0.3, -0.25) is 9.59 Å². The minimum atomic E-state index is -0.0277. The van der Waals surface area contributed by atoms with Crippen LogP contribution in [0.1, 0.15) is 37.0 Å². The predicted molar refractivity (Wildman–Crippen MR) is 103 cm³/mol. The lowest BCUT2D eigenvalue weighted by atomic mass is 9.84. The van der Waals surface area contributed by atoms with E-state index in [0.29, 0.717) is 42.1 Å². The highest BCUT2D eigenvalue weighted by Gasteiger charge is 2.28. The Bertz CT molecular complexity index is 584. The van der Waals surface area contributed by atoms with Gasteiger partial charge >= 0.3 is 0 Å². The molecule has 138 valence electrons. The Morgan fingerprint density at radius 3 is 2.64 bits per heavy atom. The third kappa shape index (κ3) is 5.75. The Kier molecular flexibility index (Phi) is 7.78. The first-order valence-corrected chi connectivity index (χ1v) is 10.0. The molecule has 0 bridgehead atoms. The van der Waals surface area contributed by atoms with Crippen LogP contribution in [0.2, 0.25) is 0 Å². The van der Waals surface area contributed by atoms with Gasteiger partial charge in [-0.2, -0.15) is 11.8 Å². The highest BCUT2D eigenvalue weighted by atomic mass is 32.2. The first-order chi connectivity index (χ1) is 12.1. The zero-order valence-electron chi connectivity index (χ0n) is 15.3. The quantitative estimate of drug-likeness (QED) is 0.731. The zero-order valence-corrected chi connectivity index (χ0v) is 16.1. The van der Waals surface area contributed by atoms with Crippen molar-refractivity contribution in [1.29, 1.82) is 0 Å². The average Bonchev–Trinajstić information content (AvgIpc) is 2.58. The van der Waals surface area contributed by atoms with E-state index in [1.807, 2.05) is 19.9 Å². The molecule has 1 aromatic rings. The first-order valence-electron chi connectivity index (χ1n) is 8.87. The summed E-state index contributed by atoms with van der Waals surface area (Å²) >= 11 is 1.66. The summed E-state index contributed by atoms with van der Waals surface area (Å²) in [5.41, 5.74) is 1.28. The maximum absolute atomic E-state index is 12.4. The number of methoxy groups -OCH3 is 1. The number of nitrogens with one attached hydrogen (secondary N) is 1. The summed E-state index contributed by atoms with van der Waals surface area (Å²) in [6.07, 6.45) is 2.60. The van der Waals surface area contributed by atoms with E-state index in [0.717, 1.165) is 18.6 Å². The Morgan fingerprint density at radius 1 is 1.28 bits per heavy atom. The summed E-state index contributed by atoms with van der Waals surface area (Å²) in [6, 6.07) is 7.15. The smallest absolute Gasteiger partial charge is 0.253 e. The molecule has 0 saturated heterocycles. The number of hydrogen-bond donors (Lipinski definition) is 1. The molecule has 1 aromatic carbocycles. The molecule has 0 radical (unpaired) electrons. The fourth-order valence-corrected chi connectivity index (χ4v) is 3.92. The molecular formula is C19H28N2O3S. The van der Waals surface area contributed by atoms with Gasteiger partial charge in [0.15, 0.2) is 0 Å². The second kappa shape index (κ2) is 9.82. The molecular weight excluding hydrogens is 336 g/mol. The summed E-state index contributed by atoms with van der Waals surface area (Å²) in [6.45, 7) is 5.27. The molecule has 0 unspecified atom stereocenters. The van der Waals surface area contributed by atoms with Crippen molar-refractivity contribution in [2.45, 2.75) is 32.8 Å². The predicted octanol–water partition coefficient (Wildman–Crippen LogP) is 3.27. The summed E-state index contributed by atoms with van der Waals surface area (Å²) < 4.78 is 5.27. The van der Waals surface area contributed by atoms with E-state index in [4.69, 9.17) is 4.74 Å². The SMILES string of the molecule is CCN(CC)C(=O)c1cccc(NC(=O)CSCC2CC(OC)C2)c1. The Morgan fingerprint density at radius 2 is 2.00 bits per heavy atom. The van der Waals surface area contributed by atoms with Gasteiger partial charge < -0.3 is 15.0 Å². The van der Waals surface area contributed by atoms with Crippen LogP contribution in [0.3, 0.4) is 0 Å². The third-order valence-corrected chi connectivity index (χ3v) is 5.73. The van der Waals surface area contributed by atoms with Crippen molar-refractivity contribution in [3.63, 3.8) is 0 Å². The fourth-order valence-electron chi connectivity index (χ4n) is 2.94. The highest BCUT2D eigenvalue weighted by Crippen LogP contribution is 2.32. The van der Waals surface area contributed by atoms with Gasteiger partial charge in [-0.25, -0.2) is 0 Å². The fraction of sp³-hybridized carbons (Fsp3) is 0.579. The molecule has 1 N–H and O–H groups in total. The lowest BCUT2D eigenvalue weighted by Crippen LogP contribution is -2.32. The molecule has 0 aromatic heterocycles. The van der Waals surface area contributed by atoms with Crippen LogP contribution in [0.15, 0.2) is 24.3 Å². The topological polar surface area (TPSA) is 58.6 Å². The van der Waals surface area contributed by atoms with Crippen molar-refractivity contribution in [3.8, 4) is 0 Å². The molecule has 5 nitrogen and oxygen atoms in total. The van der Waals surface area contributed by atoms with Gasteiger partial charge in [-0.15, -0.1) is 0 Å². The van der Waals surface area contributed by atoms with Crippen molar-refractivity contribution in [3.05, 3.63) is 29.8 Å². The first kappa shape index (κ1) is 19.8. The second-order valence-corrected chi connectivity index (χ2v) is 7.35. The number of nitrogens with zero attached hydrogens (tertiary/aromatic N) is 1. The van der Waals surface area contributed by atoms with Crippen LogP contribution < -0.4 is 5.32 Å². The lowest BCUT2D eigenvalue weighted by Gasteiger charge is -2.33. The van der Waals surface area contributed by atoms with Crippen LogP contribution in [0, 0.1) is 5.92 Å². The Balaban J connectivity index is 1.78. The van der Waals surface area contributed by atoms with Gasteiger partial charge in [0.05, 0.1) is 11.9 Å². The normalized spacial score (nSPS) is 19.2. The maximum Gasteiger partial charge on any atom is 0.253 e. The van der Waals surface area contributed by atoms with E-state index in [-0.39, 0.29) is 11.8 Å². The number of carbonyl (C=O) groups is 2. The number of rotatable bonds is 9. The monoisotopic (exact) mass is 364 g/mol. The van der Waals surface area contributed by atoms with E-state index in [1.165, 1.54) is 0 Å². The summed E-state index contributed by atoms with van der Waals surface area (Å²) in [5, 5.41) is 2.89. The van der Waals surface area contributed by atoms with Gasteiger partial charge in [0, 0.05) is 31.5 Å². The van der Waals surface area contributed by atoms with Crippen LogP contribution in [0.25, 0.3) is 0 Å². The van der Waals surface area contributed by atoms with Gasteiger partial charge in [0.25, 0.3) is 5.91 Å². The third-order valence-electron chi connectivity index (χ3n) is 4.56. The van der Waals surface area contributed by atoms with Crippen LogP contribution in [-0.2, 0) is 9.53 Å². The molecule has 0 heterocycles. The number of thioether (sulfide) groups is 1. The Hall–Kier alpha value is -1.53. The molecule has 1 saturated carbocycles. The molecule has 2 amide bonds. The minimum Gasteiger partial charge on any atom is -0.381 e. The van der Waals surface area contributed by atoms with Crippen LogP contribution >= 0.6 is 11.8 Å². The average molecular weight is 365 g/mol. The summed E-state index contributed by atoms with van der Waals surface area (Å²) in [5.74, 6) is 2.06. The maximum atomic E-state index is 12.4. The molecule has 1 fully saturated rings. The number of carbonyl (C=O) groups excluding carboxylic acids is 2. The minimum absolute atomic E-state index is 0.00634. The van der Waals surface area contributed by atoms with E-state index in [9.17, 15) is 9.59 Å². The van der Waals surface area contributed by atoms with Crippen molar-refractivity contribution in [2.75, 3.05) is 37.0 Å². The molecule has 0 atom stereocenters. The molecule has 2 rings (SSSR count). The largest absolute Gasteiger partial charge is 0.381 e. The standard InChI is InChI=1S/C19H28N2O3S/c1-4-21(5-2)19(23)15-7-6-8-16(11-15)20-18(22)13-25-12-14-9-17(10-14)24-3/h6-8,11,14,17H,4-5,9-10,12-13H2,1-3H3,(H,20,22). The summed E-state index contributed by atoms with van der Waals surface area (Å²) in [7, 11) is 1.75. The lowest BCUT2D eigenvalue weighted by molar-refractivity contribution is -0.113. The molecule has 1 aliphatic rings. The van der Waals surface area contributed by atoms with E-state index in [2.05, 4.69) is 5.32 Å². The second-order valence-electron chi connectivity index (χ2n) is 6.32. The van der Waals surface area contributed by atoms with Crippen molar-refractivity contribution < 1.29 is 14.3 Å². The molecule has 25 heavy (non-hydrogen) atoms. The van der Waals surface area contributed by atoms with Gasteiger partial charge in [-0.05, 0) is 56.6 Å². The number of ether oxygens (including phenoxy) is 1. The van der Waals surface area contributed by atoms with Crippen LogP contribution in [0.4, 0.5) is 5.69 Å².